The van der Waals surface area contributed by atoms with Gasteiger partial charge >= 0.3 is 0 Å². The van der Waals surface area contributed by atoms with Crippen LogP contribution in [0.4, 0.5) is 0 Å². The summed E-state index contributed by atoms with van der Waals surface area (Å²) in [5.41, 5.74) is 8.30. The second kappa shape index (κ2) is 5.15. The van der Waals surface area contributed by atoms with Gasteiger partial charge in [-0.3, -0.25) is 9.88 Å². The average Bonchev–Trinajstić information content (AvgIpc) is 2.73. The molecule has 3 nitrogen and oxygen atoms in total. The maximum atomic E-state index is 5.91. The maximum absolute atomic E-state index is 5.91. The van der Waals surface area contributed by atoms with Gasteiger partial charge in [-0.05, 0) is 57.8 Å². The minimum Gasteiger partial charge on any atom is -0.330 e. The zero-order valence-corrected chi connectivity index (χ0v) is 11.1. The van der Waals surface area contributed by atoms with Crippen molar-refractivity contribution in [2.45, 2.75) is 39.3 Å². The standard InChI is InChI=1S/C14H23N3/c1-10(2)17-7-6-12(8-15)14(17)13-5-4-11(3)16-9-13/h4-5,9-10,12,14H,6-8,15H2,1-3H3. The van der Waals surface area contributed by atoms with E-state index in [-0.39, 0.29) is 0 Å². The number of aryl methyl sites for hydroxylation is 1. The van der Waals surface area contributed by atoms with Crippen LogP contribution in [0.15, 0.2) is 18.3 Å². The van der Waals surface area contributed by atoms with Crippen LogP contribution < -0.4 is 5.73 Å². The number of pyridine rings is 1. The molecular weight excluding hydrogens is 210 g/mol. The molecule has 2 heterocycles. The highest BCUT2D eigenvalue weighted by Gasteiger charge is 2.35. The quantitative estimate of drug-likeness (QED) is 0.869. The minimum atomic E-state index is 0.452. The lowest BCUT2D eigenvalue weighted by molar-refractivity contribution is 0.184. The van der Waals surface area contributed by atoms with Crippen molar-refractivity contribution < 1.29 is 0 Å². The van der Waals surface area contributed by atoms with Crippen LogP contribution in [-0.4, -0.2) is 29.0 Å². The molecule has 1 aliphatic rings. The molecule has 0 aliphatic carbocycles. The van der Waals surface area contributed by atoms with Gasteiger partial charge in [-0.15, -0.1) is 0 Å². The SMILES string of the molecule is Cc1ccc(C2C(CN)CCN2C(C)C)cn1. The number of rotatable bonds is 3. The highest BCUT2D eigenvalue weighted by atomic mass is 15.2. The molecule has 1 aliphatic heterocycles. The molecule has 2 N–H and O–H groups in total. The third kappa shape index (κ3) is 2.50. The number of likely N-dealkylation sites (tertiary alicyclic amines) is 1. The Morgan fingerprint density at radius 1 is 1.47 bits per heavy atom. The van der Waals surface area contributed by atoms with Gasteiger partial charge in [0.1, 0.15) is 0 Å². The fraction of sp³-hybridized carbons (Fsp3) is 0.643. The predicted octanol–water partition coefficient (Wildman–Crippen LogP) is 2.12. The van der Waals surface area contributed by atoms with Gasteiger partial charge in [0.05, 0.1) is 0 Å². The van der Waals surface area contributed by atoms with Gasteiger partial charge in [-0.25, -0.2) is 0 Å². The van der Waals surface area contributed by atoms with Crippen molar-refractivity contribution in [1.82, 2.24) is 9.88 Å². The molecule has 1 saturated heterocycles. The number of aromatic nitrogens is 1. The number of nitrogens with two attached hydrogens (primary N) is 1. The van der Waals surface area contributed by atoms with E-state index in [1.165, 1.54) is 12.0 Å². The van der Waals surface area contributed by atoms with E-state index in [9.17, 15) is 0 Å². The lowest BCUT2D eigenvalue weighted by Crippen LogP contribution is -2.33. The second-order valence-corrected chi connectivity index (χ2v) is 5.29. The molecule has 3 heteroatoms. The van der Waals surface area contributed by atoms with Crippen LogP contribution in [0.5, 0.6) is 0 Å². The van der Waals surface area contributed by atoms with E-state index in [1.807, 2.05) is 13.1 Å². The Kier molecular flexibility index (Phi) is 3.79. The number of hydrogen-bond acceptors (Lipinski definition) is 3. The molecule has 2 atom stereocenters. The largest absolute Gasteiger partial charge is 0.330 e. The van der Waals surface area contributed by atoms with E-state index >= 15 is 0 Å². The first-order valence-electron chi connectivity index (χ1n) is 6.52. The molecule has 0 radical (unpaired) electrons. The monoisotopic (exact) mass is 233 g/mol. The number of hydrogen-bond donors (Lipinski definition) is 1. The Balaban J connectivity index is 2.27. The molecule has 17 heavy (non-hydrogen) atoms. The third-order valence-corrected chi connectivity index (χ3v) is 3.80. The second-order valence-electron chi connectivity index (χ2n) is 5.29. The van der Waals surface area contributed by atoms with Gasteiger partial charge in [0, 0.05) is 24.0 Å². The fourth-order valence-corrected chi connectivity index (χ4v) is 2.83. The summed E-state index contributed by atoms with van der Waals surface area (Å²) in [6.07, 6.45) is 3.22. The van der Waals surface area contributed by atoms with Crippen LogP contribution in [0.2, 0.25) is 0 Å². The first-order valence-corrected chi connectivity index (χ1v) is 6.52. The molecule has 1 aromatic rings. The molecular formula is C14H23N3. The summed E-state index contributed by atoms with van der Waals surface area (Å²) in [4.78, 5) is 6.96. The lowest BCUT2D eigenvalue weighted by atomic mass is 9.94. The van der Waals surface area contributed by atoms with Crippen LogP contribution in [0.25, 0.3) is 0 Å². The average molecular weight is 233 g/mol. The van der Waals surface area contributed by atoms with E-state index < -0.39 is 0 Å². The first-order chi connectivity index (χ1) is 8.13. The molecule has 0 saturated carbocycles. The van der Waals surface area contributed by atoms with Crippen LogP contribution >= 0.6 is 0 Å². The van der Waals surface area contributed by atoms with Gasteiger partial charge in [0.2, 0.25) is 0 Å². The molecule has 0 bridgehead atoms. The summed E-state index contributed by atoms with van der Waals surface area (Å²) in [5, 5.41) is 0. The molecule has 0 aromatic carbocycles. The zero-order valence-electron chi connectivity index (χ0n) is 11.1. The summed E-state index contributed by atoms with van der Waals surface area (Å²) >= 11 is 0. The molecule has 1 fully saturated rings. The number of nitrogens with zero attached hydrogens (tertiary/aromatic N) is 2. The fourth-order valence-electron chi connectivity index (χ4n) is 2.83. The van der Waals surface area contributed by atoms with Crippen LogP contribution in [0.1, 0.15) is 37.6 Å². The summed E-state index contributed by atoms with van der Waals surface area (Å²) in [6.45, 7) is 8.46. The molecule has 94 valence electrons. The topological polar surface area (TPSA) is 42.1 Å². The zero-order chi connectivity index (χ0) is 12.4. The van der Waals surface area contributed by atoms with Crippen molar-refractivity contribution in [3.63, 3.8) is 0 Å². The van der Waals surface area contributed by atoms with E-state index in [0.717, 1.165) is 18.8 Å². The normalized spacial score (nSPS) is 25.7. The molecule has 2 unspecified atom stereocenters. The highest BCUT2D eigenvalue weighted by Crippen LogP contribution is 2.37. The lowest BCUT2D eigenvalue weighted by Gasteiger charge is -2.31. The van der Waals surface area contributed by atoms with Crippen LogP contribution in [0, 0.1) is 12.8 Å². The summed E-state index contributed by atoms with van der Waals surface area (Å²) in [6, 6.07) is 5.32. The Morgan fingerprint density at radius 3 is 2.76 bits per heavy atom. The summed E-state index contributed by atoms with van der Waals surface area (Å²) in [5.74, 6) is 0.571. The Bertz CT molecular complexity index is 358. The minimum absolute atomic E-state index is 0.452. The Hall–Kier alpha value is -0.930. The van der Waals surface area contributed by atoms with Crippen molar-refractivity contribution in [2.24, 2.45) is 11.7 Å². The molecule has 0 spiro atoms. The van der Waals surface area contributed by atoms with Gasteiger partial charge in [0.25, 0.3) is 0 Å². The molecule has 0 amide bonds. The predicted molar refractivity (Wildman–Crippen MR) is 70.7 cm³/mol. The van der Waals surface area contributed by atoms with Crippen molar-refractivity contribution in [3.05, 3.63) is 29.6 Å². The van der Waals surface area contributed by atoms with Gasteiger partial charge in [-0.2, -0.15) is 0 Å². The van der Waals surface area contributed by atoms with E-state index in [0.29, 0.717) is 18.0 Å². The summed E-state index contributed by atoms with van der Waals surface area (Å²) in [7, 11) is 0. The van der Waals surface area contributed by atoms with Gasteiger partial charge in [-0.1, -0.05) is 6.07 Å². The third-order valence-electron chi connectivity index (χ3n) is 3.80. The van der Waals surface area contributed by atoms with Crippen LogP contribution in [-0.2, 0) is 0 Å². The Morgan fingerprint density at radius 2 is 2.24 bits per heavy atom. The van der Waals surface area contributed by atoms with Crippen molar-refractivity contribution in [3.8, 4) is 0 Å². The van der Waals surface area contributed by atoms with Crippen LogP contribution in [0.3, 0.4) is 0 Å². The smallest absolute Gasteiger partial charge is 0.0406 e. The van der Waals surface area contributed by atoms with E-state index in [4.69, 9.17) is 5.73 Å². The van der Waals surface area contributed by atoms with Gasteiger partial charge in [0.15, 0.2) is 0 Å². The van der Waals surface area contributed by atoms with E-state index in [1.54, 1.807) is 0 Å². The first kappa shape index (κ1) is 12.5. The molecule has 2 rings (SSSR count). The van der Waals surface area contributed by atoms with Crippen molar-refractivity contribution >= 4 is 0 Å². The molecule has 1 aromatic heterocycles. The van der Waals surface area contributed by atoms with Gasteiger partial charge < -0.3 is 5.73 Å². The van der Waals surface area contributed by atoms with E-state index in [2.05, 4.69) is 35.9 Å². The highest BCUT2D eigenvalue weighted by molar-refractivity contribution is 5.20. The maximum Gasteiger partial charge on any atom is 0.0406 e. The van der Waals surface area contributed by atoms with Crippen molar-refractivity contribution in [1.29, 1.82) is 0 Å². The Labute approximate surface area is 104 Å². The van der Waals surface area contributed by atoms with Crippen molar-refractivity contribution in [2.75, 3.05) is 13.1 Å². The summed E-state index contributed by atoms with van der Waals surface area (Å²) < 4.78 is 0.